The summed E-state index contributed by atoms with van der Waals surface area (Å²) in [5.74, 6) is 0.445. The van der Waals surface area contributed by atoms with Crippen molar-refractivity contribution in [3.8, 4) is 0 Å². The highest BCUT2D eigenvalue weighted by atomic mass is 35.5. The molecular formula is C21H21ClN4O. The largest absolute Gasteiger partial charge is 0.382 e. The summed E-state index contributed by atoms with van der Waals surface area (Å²) in [6.07, 6.45) is 1.81. The molecule has 138 valence electrons. The Balaban J connectivity index is 1.64. The first-order chi connectivity index (χ1) is 12.9. The van der Waals surface area contributed by atoms with Crippen LogP contribution in [0.15, 0.2) is 54.9 Å². The van der Waals surface area contributed by atoms with Crippen molar-refractivity contribution in [1.82, 2.24) is 14.5 Å². The van der Waals surface area contributed by atoms with E-state index in [1.165, 1.54) is 0 Å². The fraction of sp³-hybridized carbons (Fsp3) is 0.238. The number of nitrogens with two attached hydrogens (primary N) is 1. The van der Waals surface area contributed by atoms with Gasteiger partial charge in [-0.2, -0.15) is 0 Å². The number of fused-ring (bicyclic) bond motifs is 3. The number of halogens is 1. The van der Waals surface area contributed by atoms with E-state index in [-0.39, 0.29) is 0 Å². The van der Waals surface area contributed by atoms with Crippen LogP contribution in [0.3, 0.4) is 0 Å². The zero-order chi connectivity index (χ0) is 19.0. The molecule has 0 aliphatic rings. The highest BCUT2D eigenvalue weighted by Crippen LogP contribution is 2.28. The zero-order valence-corrected chi connectivity index (χ0v) is 16.1. The van der Waals surface area contributed by atoms with Gasteiger partial charge < -0.3 is 15.0 Å². The fourth-order valence-electron chi connectivity index (χ4n) is 3.29. The molecule has 4 rings (SSSR count). The number of nitrogens with zero attached hydrogens (tertiary/aromatic N) is 3. The maximum Gasteiger partial charge on any atom is 0.152 e. The number of hydrogen-bond acceptors (Lipinski definition) is 4. The van der Waals surface area contributed by atoms with E-state index in [9.17, 15) is 0 Å². The maximum absolute atomic E-state index is 6.18. The Morgan fingerprint density at radius 1 is 1.15 bits per heavy atom. The Kier molecular flexibility index (Phi) is 4.50. The third kappa shape index (κ3) is 3.61. The lowest BCUT2D eigenvalue weighted by atomic mass is 10.1. The second-order valence-electron chi connectivity index (χ2n) is 7.26. The van der Waals surface area contributed by atoms with E-state index in [1.54, 1.807) is 6.33 Å². The SMILES string of the molecule is CC(C)(Cn1cnc2c(N)nc3ccccc3c21)OCc1cccc(Cl)c1. The van der Waals surface area contributed by atoms with Crippen LogP contribution in [-0.4, -0.2) is 20.1 Å². The lowest BCUT2D eigenvalue weighted by Gasteiger charge is -2.26. The molecular weight excluding hydrogens is 360 g/mol. The molecule has 0 saturated carbocycles. The Hall–Kier alpha value is -2.63. The van der Waals surface area contributed by atoms with Gasteiger partial charge in [-0.15, -0.1) is 0 Å². The third-order valence-electron chi connectivity index (χ3n) is 4.55. The summed E-state index contributed by atoms with van der Waals surface area (Å²) in [5.41, 5.74) is 9.32. The Morgan fingerprint density at radius 2 is 1.96 bits per heavy atom. The molecule has 0 spiro atoms. The molecule has 6 heteroatoms. The van der Waals surface area contributed by atoms with Crippen LogP contribution >= 0.6 is 11.6 Å². The van der Waals surface area contributed by atoms with Crippen molar-refractivity contribution in [1.29, 1.82) is 0 Å². The van der Waals surface area contributed by atoms with Crippen molar-refractivity contribution >= 4 is 39.4 Å². The minimum Gasteiger partial charge on any atom is -0.382 e. The van der Waals surface area contributed by atoms with E-state index in [0.29, 0.717) is 24.0 Å². The number of imidazole rings is 1. The smallest absolute Gasteiger partial charge is 0.152 e. The molecule has 2 heterocycles. The van der Waals surface area contributed by atoms with Crippen molar-refractivity contribution in [3.05, 3.63) is 65.4 Å². The van der Waals surface area contributed by atoms with Gasteiger partial charge >= 0.3 is 0 Å². The van der Waals surface area contributed by atoms with Crippen molar-refractivity contribution < 1.29 is 4.74 Å². The van der Waals surface area contributed by atoms with E-state index >= 15 is 0 Å². The van der Waals surface area contributed by atoms with Crippen LogP contribution in [0, 0.1) is 0 Å². The number of benzene rings is 2. The first-order valence-corrected chi connectivity index (χ1v) is 9.18. The van der Waals surface area contributed by atoms with Crippen molar-refractivity contribution in [2.45, 2.75) is 32.6 Å². The highest BCUT2D eigenvalue weighted by Gasteiger charge is 2.22. The van der Waals surface area contributed by atoms with Crippen LogP contribution in [-0.2, 0) is 17.9 Å². The molecule has 5 nitrogen and oxygen atoms in total. The number of nitrogen functional groups attached to an aromatic ring is 1. The van der Waals surface area contributed by atoms with Gasteiger partial charge in [-0.3, -0.25) is 0 Å². The molecule has 0 aliphatic carbocycles. The molecule has 0 aliphatic heterocycles. The summed E-state index contributed by atoms with van der Waals surface area (Å²) in [4.78, 5) is 8.94. The van der Waals surface area contributed by atoms with Crippen LogP contribution in [0.2, 0.25) is 5.02 Å². The molecule has 0 amide bonds. The van der Waals surface area contributed by atoms with E-state index in [4.69, 9.17) is 22.1 Å². The molecule has 0 unspecified atom stereocenters. The minimum atomic E-state index is -0.408. The van der Waals surface area contributed by atoms with Gasteiger partial charge in [0.1, 0.15) is 5.52 Å². The molecule has 0 atom stereocenters. The summed E-state index contributed by atoms with van der Waals surface area (Å²) >= 11 is 6.06. The maximum atomic E-state index is 6.18. The highest BCUT2D eigenvalue weighted by molar-refractivity contribution is 6.30. The Bertz CT molecular complexity index is 1120. The van der Waals surface area contributed by atoms with Crippen LogP contribution in [0.1, 0.15) is 19.4 Å². The summed E-state index contributed by atoms with van der Waals surface area (Å²) in [5, 5.41) is 1.74. The third-order valence-corrected chi connectivity index (χ3v) is 4.79. The van der Waals surface area contributed by atoms with Crippen LogP contribution < -0.4 is 5.73 Å². The summed E-state index contributed by atoms with van der Waals surface area (Å²) in [6.45, 7) is 5.26. The molecule has 0 saturated heterocycles. The Morgan fingerprint density at radius 3 is 2.78 bits per heavy atom. The van der Waals surface area contributed by atoms with Gasteiger partial charge in [0.05, 0.1) is 36.1 Å². The average Bonchev–Trinajstić information content (AvgIpc) is 3.04. The average molecular weight is 381 g/mol. The standard InChI is InChI=1S/C21H21ClN4O/c1-21(2,27-11-14-6-5-7-15(22)10-14)12-26-13-24-18-19(26)16-8-3-4-9-17(16)25-20(18)23/h3-10,13H,11-12H2,1-2H3,(H2,23,25). The van der Waals surface area contributed by atoms with Crippen LogP contribution in [0.5, 0.6) is 0 Å². The quantitative estimate of drug-likeness (QED) is 0.539. The first-order valence-electron chi connectivity index (χ1n) is 8.80. The Labute approximate surface area is 162 Å². The summed E-state index contributed by atoms with van der Waals surface area (Å²) < 4.78 is 8.27. The van der Waals surface area contributed by atoms with Crippen LogP contribution in [0.4, 0.5) is 5.82 Å². The van der Waals surface area contributed by atoms with Gasteiger partial charge in [0.2, 0.25) is 0 Å². The minimum absolute atomic E-state index is 0.408. The number of ether oxygens (including phenoxy) is 1. The number of hydrogen-bond donors (Lipinski definition) is 1. The lowest BCUT2D eigenvalue weighted by molar-refractivity contribution is -0.0400. The molecule has 2 N–H and O–H groups in total. The molecule has 27 heavy (non-hydrogen) atoms. The van der Waals surface area contributed by atoms with Crippen molar-refractivity contribution in [2.75, 3.05) is 5.73 Å². The van der Waals surface area contributed by atoms with Crippen molar-refractivity contribution in [2.24, 2.45) is 0 Å². The molecule has 0 fully saturated rings. The van der Waals surface area contributed by atoms with Gasteiger partial charge in [0.15, 0.2) is 5.82 Å². The molecule has 2 aromatic heterocycles. The number of anilines is 1. The zero-order valence-electron chi connectivity index (χ0n) is 15.3. The fourth-order valence-corrected chi connectivity index (χ4v) is 3.50. The molecule has 0 bridgehead atoms. The number of para-hydroxylation sites is 1. The monoisotopic (exact) mass is 380 g/mol. The van der Waals surface area contributed by atoms with Crippen molar-refractivity contribution in [3.63, 3.8) is 0 Å². The molecule has 0 radical (unpaired) electrons. The topological polar surface area (TPSA) is 66.0 Å². The molecule has 2 aromatic carbocycles. The number of rotatable bonds is 5. The normalized spacial score (nSPS) is 12.1. The lowest BCUT2D eigenvalue weighted by Crippen LogP contribution is -2.30. The number of pyridine rings is 1. The van der Waals surface area contributed by atoms with Gasteiger partial charge in [-0.25, -0.2) is 9.97 Å². The van der Waals surface area contributed by atoms with Crippen LogP contribution in [0.25, 0.3) is 21.9 Å². The van der Waals surface area contributed by atoms with E-state index in [2.05, 4.69) is 28.4 Å². The summed E-state index contributed by atoms with van der Waals surface area (Å²) in [6, 6.07) is 15.7. The van der Waals surface area contributed by atoms with Gasteiger partial charge in [-0.05, 0) is 37.6 Å². The number of aromatic nitrogens is 3. The van der Waals surface area contributed by atoms with E-state index < -0.39 is 5.60 Å². The van der Waals surface area contributed by atoms with Gasteiger partial charge in [0.25, 0.3) is 0 Å². The predicted octanol–water partition coefficient (Wildman–Crippen LogP) is 4.82. The van der Waals surface area contributed by atoms with Gasteiger partial charge in [0, 0.05) is 10.4 Å². The molecule has 4 aromatic rings. The van der Waals surface area contributed by atoms with Gasteiger partial charge in [-0.1, -0.05) is 41.9 Å². The summed E-state index contributed by atoms with van der Waals surface area (Å²) in [7, 11) is 0. The first kappa shape index (κ1) is 17.8. The predicted molar refractivity (Wildman–Crippen MR) is 110 cm³/mol. The van der Waals surface area contributed by atoms with E-state index in [1.807, 2.05) is 48.5 Å². The second-order valence-corrected chi connectivity index (χ2v) is 7.70. The van der Waals surface area contributed by atoms with E-state index in [0.717, 1.165) is 27.5 Å². The second kappa shape index (κ2) is 6.83.